The van der Waals surface area contributed by atoms with Crippen molar-refractivity contribution in [2.45, 2.75) is 37.9 Å². The van der Waals surface area contributed by atoms with E-state index in [9.17, 15) is 4.79 Å². The molecule has 6 nitrogen and oxygen atoms in total. The molecule has 24 heavy (non-hydrogen) atoms. The van der Waals surface area contributed by atoms with Crippen molar-refractivity contribution >= 4 is 31.4 Å². The van der Waals surface area contributed by atoms with E-state index in [-0.39, 0.29) is 12.2 Å². The SMILES string of the molecule is C[Si](C)(C)CCOCN1c2cc(N)ccc2N(C2COC2)C1C=O. The molecular weight excluding hydrogens is 322 g/mol. The van der Waals surface area contributed by atoms with E-state index in [1.165, 1.54) is 0 Å². The minimum absolute atomic E-state index is 0.231. The highest BCUT2D eigenvalue weighted by atomic mass is 28.3. The molecule has 2 N–H and O–H groups in total. The van der Waals surface area contributed by atoms with Gasteiger partial charge in [-0.1, -0.05) is 19.6 Å². The van der Waals surface area contributed by atoms with E-state index in [4.69, 9.17) is 15.2 Å². The van der Waals surface area contributed by atoms with Gasteiger partial charge in [-0.3, -0.25) is 4.79 Å². The molecule has 1 fully saturated rings. The van der Waals surface area contributed by atoms with Gasteiger partial charge in [-0.05, 0) is 24.2 Å². The topological polar surface area (TPSA) is 68.0 Å². The molecule has 3 rings (SSSR count). The molecule has 2 aliphatic heterocycles. The summed E-state index contributed by atoms with van der Waals surface area (Å²) in [6, 6.07) is 7.13. The number of hydrogen-bond acceptors (Lipinski definition) is 6. The largest absolute Gasteiger partial charge is 0.399 e. The predicted octanol–water partition coefficient (Wildman–Crippen LogP) is 2.13. The van der Waals surface area contributed by atoms with Crippen molar-refractivity contribution in [1.82, 2.24) is 0 Å². The van der Waals surface area contributed by atoms with Crippen LogP contribution >= 0.6 is 0 Å². The molecule has 0 spiro atoms. The number of ether oxygens (including phenoxy) is 2. The smallest absolute Gasteiger partial charge is 0.163 e. The summed E-state index contributed by atoms with van der Waals surface area (Å²) in [5.74, 6) is 0. The van der Waals surface area contributed by atoms with Crippen LogP contribution in [0, 0.1) is 0 Å². The zero-order valence-electron chi connectivity index (χ0n) is 14.7. The molecule has 0 aliphatic carbocycles. The minimum atomic E-state index is -1.13. The Morgan fingerprint density at radius 3 is 2.67 bits per heavy atom. The lowest BCUT2D eigenvalue weighted by Gasteiger charge is -2.39. The molecule has 1 unspecified atom stereocenters. The average molecular weight is 350 g/mol. The maximum atomic E-state index is 11.8. The van der Waals surface area contributed by atoms with E-state index < -0.39 is 8.07 Å². The number of nitrogens with two attached hydrogens (primary N) is 1. The first-order chi connectivity index (χ1) is 11.4. The maximum Gasteiger partial charge on any atom is 0.163 e. The highest BCUT2D eigenvalue weighted by Crippen LogP contribution is 2.42. The summed E-state index contributed by atoms with van der Waals surface area (Å²) in [5.41, 5.74) is 8.65. The van der Waals surface area contributed by atoms with Crippen LogP contribution < -0.4 is 15.5 Å². The molecule has 0 bridgehead atoms. The Bertz CT molecular complexity index is 601. The lowest BCUT2D eigenvalue weighted by Crippen LogP contribution is -2.56. The number of carbonyl (C=O) groups is 1. The number of fused-ring (bicyclic) bond motifs is 1. The van der Waals surface area contributed by atoms with Crippen LogP contribution in [0.4, 0.5) is 17.1 Å². The van der Waals surface area contributed by atoms with Crippen molar-refractivity contribution in [2.24, 2.45) is 0 Å². The van der Waals surface area contributed by atoms with Crippen molar-refractivity contribution in [3.63, 3.8) is 0 Å². The Kier molecular flexibility index (Phi) is 4.84. The average Bonchev–Trinajstić information content (AvgIpc) is 2.74. The molecule has 2 aliphatic rings. The van der Waals surface area contributed by atoms with Gasteiger partial charge in [0.25, 0.3) is 0 Å². The van der Waals surface area contributed by atoms with Crippen molar-refractivity contribution in [3.8, 4) is 0 Å². The van der Waals surface area contributed by atoms with E-state index >= 15 is 0 Å². The lowest BCUT2D eigenvalue weighted by atomic mass is 10.1. The first-order valence-corrected chi connectivity index (χ1v) is 12.2. The van der Waals surface area contributed by atoms with Gasteiger partial charge in [0, 0.05) is 20.4 Å². The van der Waals surface area contributed by atoms with Crippen LogP contribution in [0.1, 0.15) is 0 Å². The molecule has 0 amide bonds. The first-order valence-electron chi connectivity index (χ1n) is 8.46. The second-order valence-corrected chi connectivity index (χ2v) is 13.3. The van der Waals surface area contributed by atoms with Gasteiger partial charge >= 0.3 is 0 Å². The number of benzene rings is 1. The highest BCUT2D eigenvalue weighted by Gasteiger charge is 2.42. The van der Waals surface area contributed by atoms with Gasteiger partial charge in [-0.2, -0.15) is 0 Å². The van der Waals surface area contributed by atoms with Crippen molar-refractivity contribution in [1.29, 1.82) is 0 Å². The van der Waals surface area contributed by atoms with Crippen LogP contribution in [0.5, 0.6) is 0 Å². The van der Waals surface area contributed by atoms with Gasteiger partial charge in [0.15, 0.2) is 12.5 Å². The fourth-order valence-electron chi connectivity index (χ4n) is 3.05. The summed E-state index contributed by atoms with van der Waals surface area (Å²) < 4.78 is 11.2. The zero-order valence-corrected chi connectivity index (χ0v) is 15.7. The molecule has 0 saturated carbocycles. The summed E-state index contributed by atoms with van der Waals surface area (Å²) in [4.78, 5) is 15.9. The normalized spacial score (nSPS) is 20.9. The van der Waals surface area contributed by atoms with Crippen LogP contribution in [0.2, 0.25) is 25.7 Å². The summed E-state index contributed by atoms with van der Waals surface area (Å²) in [6.07, 6.45) is 0.624. The van der Waals surface area contributed by atoms with Gasteiger partial charge in [0.2, 0.25) is 0 Å². The summed E-state index contributed by atoms with van der Waals surface area (Å²) in [5, 5.41) is 0. The van der Waals surface area contributed by atoms with Crippen LogP contribution in [0.25, 0.3) is 0 Å². The summed E-state index contributed by atoms with van der Waals surface area (Å²) in [6.45, 7) is 9.41. The van der Waals surface area contributed by atoms with Gasteiger partial charge in [-0.15, -0.1) is 0 Å². The molecule has 1 saturated heterocycles. The third kappa shape index (κ3) is 3.43. The van der Waals surface area contributed by atoms with E-state index in [0.717, 1.165) is 30.3 Å². The van der Waals surface area contributed by atoms with E-state index in [1.807, 2.05) is 23.1 Å². The van der Waals surface area contributed by atoms with Crippen LogP contribution in [-0.2, 0) is 14.3 Å². The molecule has 1 aromatic carbocycles. The van der Waals surface area contributed by atoms with E-state index in [0.29, 0.717) is 25.6 Å². The number of nitrogen functional groups attached to an aromatic ring is 1. The molecule has 2 heterocycles. The van der Waals surface area contributed by atoms with Crippen molar-refractivity contribution < 1.29 is 14.3 Å². The lowest BCUT2D eigenvalue weighted by molar-refractivity contribution is -0.109. The van der Waals surface area contributed by atoms with Gasteiger partial charge in [0.05, 0.1) is 30.6 Å². The molecule has 0 radical (unpaired) electrons. The third-order valence-electron chi connectivity index (χ3n) is 4.55. The fraction of sp³-hybridized carbons (Fsp3) is 0.588. The Hall–Kier alpha value is -1.57. The van der Waals surface area contributed by atoms with Crippen molar-refractivity contribution in [2.75, 3.05) is 42.1 Å². The van der Waals surface area contributed by atoms with Crippen LogP contribution in [-0.4, -0.2) is 53.1 Å². The second-order valence-electron chi connectivity index (χ2n) is 7.71. The third-order valence-corrected chi connectivity index (χ3v) is 6.26. The Balaban J connectivity index is 1.77. The van der Waals surface area contributed by atoms with Crippen LogP contribution in [0.3, 0.4) is 0 Å². The summed E-state index contributed by atoms with van der Waals surface area (Å²) >= 11 is 0. The number of carbonyl (C=O) groups excluding carboxylic acids is 1. The van der Waals surface area contributed by atoms with Gasteiger partial charge in [-0.25, -0.2) is 0 Å². The summed E-state index contributed by atoms with van der Waals surface area (Å²) in [7, 11) is -1.13. The number of hydrogen-bond donors (Lipinski definition) is 1. The molecule has 1 atom stereocenters. The minimum Gasteiger partial charge on any atom is -0.399 e. The number of rotatable bonds is 7. The van der Waals surface area contributed by atoms with E-state index in [1.54, 1.807) is 0 Å². The molecule has 1 aromatic rings. The van der Waals surface area contributed by atoms with Crippen molar-refractivity contribution in [3.05, 3.63) is 18.2 Å². The number of aldehydes is 1. The number of anilines is 3. The molecule has 0 aromatic heterocycles. The fourth-order valence-corrected chi connectivity index (χ4v) is 3.80. The monoisotopic (exact) mass is 349 g/mol. The Morgan fingerprint density at radius 2 is 2.08 bits per heavy atom. The second kappa shape index (κ2) is 6.74. The van der Waals surface area contributed by atoms with E-state index in [2.05, 4.69) is 24.5 Å². The van der Waals surface area contributed by atoms with Crippen LogP contribution in [0.15, 0.2) is 18.2 Å². The van der Waals surface area contributed by atoms with Gasteiger partial charge < -0.3 is 25.0 Å². The van der Waals surface area contributed by atoms with Gasteiger partial charge in [0.1, 0.15) is 6.73 Å². The number of nitrogens with zero attached hydrogens (tertiary/aromatic N) is 2. The first kappa shape index (κ1) is 17.3. The zero-order chi connectivity index (χ0) is 17.3. The Labute approximate surface area is 144 Å². The quantitative estimate of drug-likeness (QED) is 0.352. The molecule has 132 valence electrons. The molecular formula is C17H27N3O3Si. The highest BCUT2D eigenvalue weighted by molar-refractivity contribution is 6.76. The molecule has 7 heteroatoms. The predicted molar refractivity (Wildman–Crippen MR) is 99.2 cm³/mol. The Morgan fingerprint density at radius 1 is 1.33 bits per heavy atom. The standard InChI is InChI=1S/C17H27N3O3Si/c1-24(2,3)7-6-22-12-19-16-8-13(18)4-5-15(16)20(17(19)9-21)14-10-23-11-14/h4-5,8-9,14,17H,6-7,10-12,18H2,1-3H3. The maximum absolute atomic E-state index is 11.8.